The van der Waals surface area contributed by atoms with E-state index in [4.69, 9.17) is 9.47 Å². The molecular weight excluding hydrogens is 415 g/mol. The highest BCUT2D eigenvalue weighted by molar-refractivity contribution is 5.98. The highest BCUT2D eigenvalue weighted by atomic mass is 19.1. The van der Waals surface area contributed by atoms with E-state index in [2.05, 4.69) is 9.98 Å². The summed E-state index contributed by atoms with van der Waals surface area (Å²) in [5.74, 6) is -0.564. The Bertz CT molecular complexity index is 983. The van der Waals surface area contributed by atoms with Crippen LogP contribution in [-0.4, -0.2) is 52.8 Å². The zero-order valence-corrected chi connectivity index (χ0v) is 18.6. The molecule has 0 saturated heterocycles. The van der Waals surface area contributed by atoms with Gasteiger partial charge in [-0.2, -0.15) is 0 Å². The predicted molar refractivity (Wildman–Crippen MR) is 117 cm³/mol. The number of Topliss-reactive ketones (excluding diaryl/α,β-unsaturated/α-hetero) is 1. The third-order valence-electron chi connectivity index (χ3n) is 5.45. The lowest BCUT2D eigenvalue weighted by atomic mass is 9.80. The number of benzene rings is 1. The molecule has 1 aromatic carbocycles. The number of nitrogens with zero attached hydrogens (tertiary/aromatic N) is 2. The number of hydrogen-bond acceptors (Lipinski definition) is 7. The van der Waals surface area contributed by atoms with E-state index in [9.17, 15) is 19.4 Å². The Balaban J connectivity index is 1.75. The highest BCUT2D eigenvalue weighted by Gasteiger charge is 2.31. The summed E-state index contributed by atoms with van der Waals surface area (Å²) in [5, 5.41) is 20.4. The van der Waals surface area contributed by atoms with Crippen molar-refractivity contribution >= 4 is 11.7 Å². The summed E-state index contributed by atoms with van der Waals surface area (Å²) in [4.78, 5) is 21.7. The van der Waals surface area contributed by atoms with Gasteiger partial charge in [0, 0.05) is 31.6 Å². The van der Waals surface area contributed by atoms with E-state index in [-0.39, 0.29) is 31.0 Å². The van der Waals surface area contributed by atoms with Gasteiger partial charge in [-0.15, -0.1) is 0 Å². The van der Waals surface area contributed by atoms with Crippen molar-refractivity contribution in [1.29, 1.82) is 0 Å². The van der Waals surface area contributed by atoms with Gasteiger partial charge < -0.3 is 19.7 Å². The second kappa shape index (κ2) is 10.3. The number of hydrogen-bond donors (Lipinski definition) is 2. The van der Waals surface area contributed by atoms with Crippen LogP contribution in [-0.2, 0) is 33.8 Å². The third kappa shape index (κ3) is 5.76. The lowest BCUT2D eigenvalue weighted by molar-refractivity contribution is -0.120. The van der Waals surface area contributed by atoms with Gasteiger partial charge in [-0.05, 0) is 43.2 Å². The standard InChI is InChI=1S/C24H29FN2O5/c1-24(2,30)20(15-4-6-17(25)7-5-15)12-19(29)11-18-10-16-13-26-23(32-9-8-31-3)22(16)21(14-28)27-18/h4-7,10,20,28,30H,8-9,11-14H2,1-3H3/t20-/m0/s1. The van der Waals surface area contributed by atoms with Gasteiger partial charge in [0.05, 0.1) is 36.6 Å². The lowest BCUT2D eigenvalue weighted by Crippen LogP contribution is -2.31. The first kappa shape index (κ1) is 24.0. The maximum Gasteiger partial charge on any atom is 0.218 e. The first-order valence-corrected chi connectivity index (χ1v) is 10.5. The molecule has 0 amide bonds. The van der Waals surface area contributed by atoms with Crippen molar-refractivity contribution in [1.82, 2.24) is 4.98 Å². The number of fused-ring (bicyclic) bond motifs is 1. The Morgan fingerprint density at radius 2 is 1.97 bits per heavy atom. The highest BCUT2D eigenvalue weighted by Crippen LogP contribution is 2.32. The molecule has 1 atom stereocenters. The smallest absolute Gasteiger partial charge is 0.218 e. The summed E-state index contributed by atoms with van der Waals surface area (Å²) in [6.45, 7) is 4.10. The van der Waals surface area contributed by atoms with Gasteiger partial charge in [-0.3, -0.25) is 9.78 Å². The number of rotatable bonds is 10. The third-order valence-corrected chi connectivity index (χ3v) is 5.45. The second-order valence-electron chi connectivity index (χ2n) is 8.39. The molecule has 32 heavy (non-hydrogen) atoms. The molecule has 0 unspecified atom stereocenters. The minimum atomic E-state index is -1.17. The maximum absolute atomic E-state index is 13.3. The topological polar surface area (TPSA) is 101 Å². The van der Waals surface area contributed by atoms with Crippen molar-refractivity contribution in [3.63, 3.8) is 0 Å². The number of aromatic nitrogens is 1. The van der Waals surface area contributed by atoms with E-state index in [0.717, 1.165) is 5.56 Å². The fourth-order valence-electron chi connectivity index (χ4n) is 3.86. The molecule has 7 nitrogen and oxygen atoms in total. The lowest BCUT2D eigenvalue weighted by Gasteiger charge is -2.29. The molecule has 1 aromatic heterocycles. The van der Waals surface area contributed by atoms with E-state index in [0.29, 0.717) is 48.2 Å². The number of ether oxygens (including phenoxy) is 2. The largest absolute Gasteiger partial charge is 0.475 e. The fraction of sp³-hybridized carbons (Fsp3) is 0.458. The molecule has 0 aliphatic carbocycles. The molecule has 0 spiro atoms. The molecule has 2 heterocycles. The van der Waals surface area contributed by atoms with Gasteiger partial charge in [0.15, 0.2) is 0 Å². The quantitative estimate of drug-likeness (QED) is 0.547. The first-order valence-electron chi connectivity index (χ1n) is 10.5. The molecular formula is C24H29FN2O5. The normalized spacial score (nSPS) is 14.1. The van der Waals surface area contributed by atoms with Crippen molar-refractivity contribution in [2.24, 2.45) is 4.99 Å². The summed E-state index contributed by atoms with van der Waals surface area (Å²) >= 11 is 0. The monoisotopic (exact) mass is 444 g/mol. The molecule has 0 saturated carbocycles. The molecule has 1 aliphatic rings. The van der Waals surface area contributed by atoms with Gasteiger partial charge in [0.2, 0.25) is 5.90 Å². The number of carbonyl (C=O) groups is 1. The van der Waals surface area contributed by atoms with Crippen molar-refractivity contribution in [3.8, 4) is 0 Å². The summed E-state index contributed by atoms with van der Waals surface area (Å²) in [6, 6.07) is 7.62. The average molecular weight is 445 g/mol. The fourth-order valence-corrected chi connectivity index (χ4v) is 3.86. The number of aliphatic imine (C=N–C) groups is 1. The number of pyridine rings is 1. The van der Waals surface area contributed by atoms with Crippen LogP contribution in [0.1, 0.15) is 54.3 Å². The van der Waals surface area contributed by atoms with Crippen molar-refractivity contribution in [2.75, 3.05) is 20.3 Å². The molecule has 2 aromatic rings. The van der Waals surface area contributed by atoms with Crippen LogP contribution in [0.5, 0.6) is 0 Å². The number of methoxy groups -OCH3 is 1. The minimum absolute atomic E-state index is 0.0495. The summed E-state index contributed by atoms with van der Waals surface area (Å²) < 4.78 is 23.9. The average Bonchev–Trinajstić information content (AvgIpc) is 3.14. The minimum Gasteiger partial charge on any atom is -0.475 e. The van der Waals surface area contributed by atoms with E-state index in [1.807, 2.05) is 0 Å². The van der Waals surface area contributed by atoms with Gasteiger partial charge in [0.25, 0.3) is 0 Å². The Labute approximate surface area is 186 Å². The van der Waals surface area contributed by atoms with Crippen molar-refractivity contribution in [3.05, 3.63) is 64.2 Å². The molecule has 0 bridgehead atoms. The van der Waals surface area contributed by atoms with Crippen LogP contribution in [0.2, 0.25) is 0 Å². The molecule has 0 fully saturated rings. The van der Waals surface area contributed by atoms with Crippen molar-refractivity contribution in [2.45, 2.75) is 51.4 Å². The number of aliphatic hydroxyl groups is 2. The number of ketones is 1. The van der Waals surface area contributed by atoms with Crippen LogP contribution in [0.4, 0.5) is 4.39 Å². The predicted octanol–water partition coefficient (Wildman–Crippen LogP) is 2.69. The van der Waals surface area contributed by atoms with Crippen LogP contribution < -0.4 is 0 Å². The zero-order chi connectivity index (χ0) is 23.3. The molecule has 8 heteroatoms. The SMILES string of the molecule is COCCOC1=NCc2cc(CC(=O)C[C@@H](c3ccc(F)cc3)C(C)(C)O)nc(CO)c21. The Kier molecular flexibility index (Phi) is 7.71. The van der Waals surface area contributed by atoms with Gasteiger partial charge >= 0.3 is 0 Å². The molecule has 2 N–H and O–H groups in total. The molecule has 3 rings (SSSR count). The molecule has 0 radical (unpaired) electrons. The van der Waals surface area contributed by atoms with Crippen LogP contribution in [0, 0.1) is 5.82 Å². The zero-order valence-electron chi connectivity index (χ0n) is 18.6. The van der Waals surface area contributed by atoms with Crippen LogP contribution in [0.3, 0.4) is 0 Å². The van der Waals surface area contributed by atoms with Gasteiger partial charge in [-0.1, -0.05) is 12.1 Å². The second-order valence-corrected chi connectivity index (χ2v) is 8.39. The van der Waals surface area contributed by atoms with E-state index < -0.39 is 11.5 Å². The van der Waals surface area contributed by atoms with E-state index in [1.165, 1.54) is 12.1 Å². The first-order chi connectivity index (χ1) is 15.2. The Hall–Kier alpha value is -2.68. The summed E-state index contributed by atoms with van der Waals surface area (Å²) in [6.07, 6.45) is 0.123. The Morgan fingerprint density at radius 1 is 1.25 bits per heavy atom. The van der Waals surface area contributed by atoms with E-state index in [1.54, 1.807) is 39.2 Å². The Morgan fingerprint density at radius 3 is 2.59 bits per heavy atom. The van der Waals surface area contributed by atoms with Crippen LogP contribution >= 0.6 is 0 Å². The van der Waals surface area contributed by atoms with E-state index >= 15 is 0 Å². The molecule has 1 aliphatic heterocycles. The van der Waals surface area contributed by atoms with Crippen LogP contribution in [0.15, 0.2) is 35.3 Å². The molecule has 172 valence electrons. The van der Waals surface area contributed by atoms with Gasteiger partial charge in [-0.25, -0.2) is 9.38 Å². The summed E-state index contributed by atoms with van der Waals surface area (Å²) in [5.41, 5.74) is 1.97. The summed E-state index contributed by atoms with van der Waals surface area (Å²) in [7, 11) is 1.58. The number of halogens is 1. The van der Waals surface area contributed by atoms with Gasteiger partial charge in [0.1, 0.15) is 18.2 Å². The van der Waals surface area contributed by atoms with Crippen molar-refractivity contribution < 1.29 is 28.9 Å². The maximum atomic E-state index is 13.3. The number of carbonyl (C=O) groups excluding carboxylic acids is 1. The van der Waals surface area contributed by atoms with Crippen LogP contribution in [0.25, 0.3) is 0 Å². The number of aliphatic hydroxyl groups excluding tert-OH is 1.